The molecule has 0 saturated carbocycles. The predicted molar refractivity (Wildman–Crippen MR) is 97.4 cm³/mol. The Labute approximate surface area is 148 Å². The number of hydrogen-bond donors (Lipinski definition) is 1. The number of aryl methyl sites for hydroxylation is 2. The number of amides is 1. The number of carbonyl (C=O) groups excluding carboxylic acids is 1. The number of carbonyl (C=O) groups is 1. The smallest absolute Gasteiger partial charge is 0.220 e. The highest BCUT2D eigenvalue weighted by Gasteiger charge is 2.13. The molecule has 0 atom stereocenters. The third-order valence-electron chi connectivity index (χ3n) is 3.94. The fourth-order valence-electron chi connectivity index (χ4n) is 2.65. The van der Waals surface area contributed by atoms with Crippen molar-refractivity contribution in [1.82, 2.24) is 5.32 Å². The number of methoxy groups -OCH3 is 3. The summed E-state index contributed by atoms with van der Waals surface area (Å²) in [6.07, 6.45) is 1.18. The molecule has 0 unspecified atom stereocenters. The lowest BCUT2D eigenvalue weighted by Crippen LogP contribution is -2.23. The van der Waals surface area contributed by atoms with Crippen molar-refractivity contribution in [2.24, 2.45) is 0 Å². The monoisotopic (exact) mass is 343 g/mol. The normalized spacial score (nSPS) is 10.2. The first-order valence-corrected chi connectivity index (χ1v) is 8.18. The van der Waals surface area contributed by atoms with Crippen molar-refractivity contribution in [3.8, 4) is 17.2 Å². The molecule has 5 heteroatoms. The van der Waals surface area contributed by atoms with Gasteiger partial charge < -0.3 is 19.5 Å². The standard InChI is InChI=1S/C20H25NO4/c1-14-6-5-7-15(10-14)8-9-19(22)21-13-16-11-17(23-2)20(25-4)18(12-16)24-3/h5-7,10-12H,8-9,13H2,1-4H3,(H,21,22). The first-order chi connectivity index (χ1) is 12.1. The minimum absolute atomic E-state index is 0.00950. The van der Waals surface area contributed by atoms with Gasteiger partial charge in [0, 0.05) is 13.0 Å². The van der Waals surface area contributed by atoms with Crippen molar-refractivity contribution < 1.29 is 19.0 Å². The zero-order chi connectivity index (χ0) is 18.2. The van der Waals surface area contributed by atoms with Crippen LogP contribution in [-0.2, 0) is 17.8 Å². The fourth-order valence-corrected chi connectivity index (χ4v) is 2.65. The van der Waals surface area contributed by atoms with Gasteiger partial charge in [0.05, 0.1) is 21.3 Å². The van der Waals surface area contributed by atoms with E-state index < -0.39 is 0 Å². The minimum atomic E-state index is 0.00950. The van der Waals surface area contributed by atoms with Crippen molar-refractivity contribution in [1.29, 1.82) is 0 Å². The van der Waals surface area contributed by atoms with Gasteiger partial charge in [-0.05, 0) is 36.6 Å². The third-order valence-corrected chi connectivity index (χ3v) is 3.94. The lowest BCUT2D eigenvalue weighted by Gasteiger charge is -2.14. The van der Waals surface area contributed by atoms with Crippen molar-refractivity contribution in [3.63, 3.8) is 0 Å². The first-order valence-electron chi connectivity index (χ1n) is 8.18. The highest BCUT2D eigenvalue weighted by molar-refractivity contribution is 5.76. The van der Waals surface area contributed by atoms with Crippen LogP contribution in [0.5, 0.6) is 17.2 Å². The molecule has 0 saturated heterocycles. The maximum Gasteiger partial charge on any atom is 0.220 e. The van der Waals surface area contributed by atoms with E-state index in [9.17, 15) is 4.79 Å². The molecule has 25 heavy (non-hydrogen) atoms. The highest BCUT2D eigenvalue weighted by atomic mass is 16.5. The van der Waals surface area contributed by atoms with Crippen molar-refractivity contribution in [2.45, 2.75) is 26.3 Å². The molecule has 5 nitrogen and oxygen atoms in total. The number of ether oxygens (including phenoxy) is 3. The fraction of sp³-hybridized carbons (Fsp3) is 0.350. The van der Waals surface area contributed by atoms with Crippen LogP contribution in [0.4, 0.5) is 0 Å². The summed E-state index contributed by atoms with van der Waals surface area (Å²) < 4.78 is 15.9. The summed E-state index contributed by atoms with van der Waals surface area (Å²) in [6, 6.07) is 11.9. The molecule has 0 spiro atoms. The number of hydrogen-bond acceptors (Lipinski definition) is 4. The quantitative estimate of drug-likeness (QED) is 0.799. The molecular formula is C20H25NO4. The lowest BCUT2D eigenvalue weighted by molar-refractivity contribution is -0.121. The van der Waals surface area contributed by atoms with Crippen molar-refractivity contribution in [3.05, 3.63) is 53.1 Å². The minimum Gasteiger partial charge on any atom is -0.493 e. The molecule has 0 aliphatic rings. The number of rotatable bonds is 8. The summed E-state index contributed by atoms with van der Waals surface area (Å²) in [7, 11) is 4.70. The molecule has 2 rings (SSSR count). The number of benzene rings is 2. The van der Waals surface area contributed by atoms with Crippen LogP contribution in [0.15, 0.2) is 36.4 Å². The Morgan fingerprint density at radius 1 is 0.960 bits per heavy atom. The van der Waals surface area contributed by atoms with Gasteiger partial charge in [-0.15, -0.1) is 0 Å². The third kappa shape index (κ3) is 5.14. The van der Waals surface area contributed by atoms with Crippen molar-refractivity contribution >= 4 is 5.91 Å². The van der Waals surface area contributed by atoms with Crippen LogP contribution in [0.3, 0.4) is 0 Å². The summed E-state index contributed by atoms with van der Waals surface area (Å²) in [5, 5.41) is 2.93. The Balaban J connectivity index is 1.95. The molecule has 0 aromatic heterocycles. The van der Waals surface area contributed by atoms with E-state index in [1.165, 1.54) is 11.1 Å². The van der Waals surface area contributed by atoms with Crippen LogP contribution in [0, 0.1) is 6.92 Å². The van der Waals surface area contributed by atoms with Crippen LogP contribution >= 0.6 is 0 Å². The maximum absolute atomic E-state index is 12.1. The Morgan fingerprint density at radius 3 is 2.20 bits per heavy atom. The Hall–Kier alpha value is -2.69. The van der Waals surface area contributed by atoms with Gasteiger partial charge in [-0.2, -0.15) is 0 Å². The second kappa shape index (κ2) is 8.97. The lowest BCUT2D eigenvalue weighted by atomic mass is 10.1. The summed E-state index contributed by atoms with van der Waals surface area (Å²) in [5.41, 5.74) is 3.26. The molecule has 0 bridgehead atoms. The van der Waals surface area contributed by atoms with Gasteiger partial charge >= 0.3 is 0 Å². The van der Waals surface area contributed by atoms with E-state index in [4.69, 9.17) is 14.2 Å². The molecular weight excluding hydrogens is 318 g/mol. The van der Waals surface area contributed by atoms with E-state index in [2.05, 4.69) is 11.4 Å². The maximum atomic E-state index is 12.1. The van der Waals surface area contributed by atoms with Gasteiger partial charge in [0.1, 0.15) is 0 Å². The molecule has 0 heterocycles. The van der Waals surface area contributed by atoms with E-state index in [0.717, 1.165) is 12.0 Å². The molecule has 1 N–H and O–H groups in total. The molecule has 0 fully saturated rings. The van der Waals surface area contributed by atoms with Gasteiger partial charge in [-0.25, -0.2) is 0 Å². The second-order valence-corrected chi connectivity index (χ2v) is 5.80. The van der Waals surface area contributed by atoms with E-state index in [1.807, 2.05) is 37.3 Å². The topological polar surface area (TPSA) is 56.8 Å². The van der Waals surface area contributed by atoms with E-state index >= 15 is 0 Å². The molecule has 134 valence electrons. The average molecular weight is 343 g/mol. The van der Waals surface area contributed by atoms with Gasteiger partial charge in [0.2, 0.25) is 11.7 Å². The molecule has 2 aromatic rings. The predicted octanol–water partition coefficient (Wildman–Crippen LogP) is 3.27. The second-order valence-electron chi connectivity index (χ2n) is 5.80. The van der Waals surface area contributed by atoms with Crippen LogP contribution < -0.4 is 19.5 Å². The van der Waals surface area contributed by atoms with Crippen LogP contribution in [0.2, 0.25) is 0 Å². The van der Waals surface area contributed by atoms with Gasteiger partial charge in [0.25, 0.3) is 0 Å². The van der Waals surface area contributed by atoms with Crippen LogP contribution in [-0.4, -0.2) is 27.2 Å². The average Bonchev–Trinajstić information content (AvgIpc) is 2.63. The SMILES string of the molecule is COc1cc(CNC(=O)CCc2cccc(C)c2)cc(OC)c1OC. The molecule has 0 radical (unpaired) electrons. The number of nitrogens with one attached hydrogen (secondary N) is 1. The van der Waals surface area contributed by atoms with Gasteiger partial charge in [-0.1, -0.05) is 29.8 Å². The summed E-state index contributed by atoms with van der Waals surface area (Å²) in [5.74, 6) is 1.70. The zero-order valence-corrected chi connectivity index (χ0v) is 15.2. The van der Waals surface area contributed by atoms with Gasteiger partial charge in [0.15, 0.2) is 11.5 Å². The zero-order valence-electron chi connectivity index (χ0n) is 15.2. The molecule has 0 aliphatic carbocycles. The van der Waals surface area contributed by atoms with Gasteiger partial charge in [-0.3, -0.25) is 4.79 Å². The first kappa shape index (κ1) is 18.6. The van der Waals surface area contributed by atoms with E-state index in [1.54, 1.807) is 21.3 Å². The van der Waals surface area contributed by atoms with Crippen LogP contribution in [0.1, 0.15) is 23.1 Å². The largest absolute Gasteiger partial charge is 0.493 e. The highest BCUT2D eigenvalue weighted by Crippen LogP contribution is 2.38. The summed E-state index contributed by atoms with van der Waals surface area (Å²) in [6.45, 7) is 2.46. The molecule has 2 aromatic carbocycles. The molecule has 1 amide bonds. The Kier molecular flexibility index (Phi) is 6.69. The Morgan fingerprint density at radius 2 is 1.64 bits per heavy atom. The van der Waals surface area contributed by atoms with Crippen molar-refractivity contribution in [2.75, 3.05) is 21.3 Å². The molecule has 0 aliphatic heterocycles. The summed E-state index contributed by atoms with van der Waals surface area (Å²) >= 11 is 0. The summed E-state index contributed by atoms with van der Waals surface area (Å²) in [4.78, 5) is 12.1. The van der Waals surface area contributed by atoms with E-state index in [-0.39, 0.29) is 5.91 Å². The van der Waals surface area contributed by atoms with Crippen LogP contribution in [0.25, 0.3) is 0 Å². The Bertz CT molecular complexity index is 702. The van der Waals surface area contributed by atoms with E-state index in [0.29, 0.717) is 30.2 Å².